The largest absolute Gasteiger partial charge is 0.368 e. The Morgan fingerprint density at radius 1 is 0.935 bits per heavy atom. The number of carbonyl (C=O) groups is 1. The minimum atomic E-state index is -0.229. The number of aromatic nitrogens is 2. The maximum absolute atomic E-state index is 11.8. The molecule has 3 N–H and O–H groups in total. The summed E-state index contributed by atoms with van der Waals surface area (Å²) in [6.07, 6.45) is 6.13. The predicted octanol–water partition coefficient (Wildman–Crippen LogP) is 5.49. The van der Waals surface area contributed by atoms with Crippen LogP contribution in [-0.4, -0.2) is 53.0 Å². The molecule has 0 saturated heterocycles. The van der Waals surface area contributed by atoms with Gasteiger partial charge in [-0.05, 0) is 55.9 Å². The minimum absolute atomic E-state index is 0.229. The Labute approximate surface area is 192 Å². The average molecular weight is 462 g/mol. The van der Waals surface area contributed by atoms with E-state index in [1.165, 1.54) is 6.92 Å². The summed E-state index contributed by atoms with van der Waals surface area (Å²) in [5.74, 6) is 3.19. The maximum Gasteiger partial charge on any atom is 0.226 e. The molecule has 8 nitrogen and oxygen atoms in total. The molecule has 0 atom stereocenters. The summed E-state index contributed by atoms with van der Waals surface area (Å²) in [5, 5.41) is 18.1. The summed E-state index contributed by atoms with van der Waals surface area (Å²) in [6.45, 7) is 4.94. The quantitative estimate of drug-likeness (QED) is 0.268. The molecule has 0 spiro atoms. The van der Waals surface area contributed by atoms with E-state index in [1.54, 1.807) is 23.5 Å². The first kappa shape index (κ1) is 24.9. The lowest BCUT2D eigenvalue weighted by Gasteiger charge is -2.14. The van der Waals surface area contributed by atoms with Crippen LogP contribution in [0.1, 0.15) is 25.3 Å². The monoisotopic (exact) mass is 461 g/mol. The van der Waals surface area contributed by atoms with Crippen LogP contribution < -0.4 is 16.0 Å². The van der Waals surface area contributed by atoms with Crippen molar-refractivity contribution in [1.82, 2.24) is 9.97 Å². The van der Waals surface area contributed by atoms with E-state index in [4.69, 9.17) is 0 Å². The zero-order chi connectivity index (χ0) is 22.5. The molecule has 1 heterocycles. The number of azo groups is 1. The molecule has 0 bridgehead atoms. The third-order valence-electron chi connectivity index (χ3n) is 4.10. The Kier molecular flexibility index (Phi) is 11.2. The number of hydrogen-bond donors (Lipinski definition) is 3. The van der Waals surface area contributed by atoms with Crippen LogP contribution in [0.5, 0.6) is 0 Å². The van der Waals surface area contributed by atoms with E-state index in [0.717, 1.165) is 43.0 Å². The van der Waals surface area contributed by atoms with E-state index < -0.39 is 0 Å². The Morgan fingerprint density at radius 3 is 2.16 bits per heavy atom. The summed E-state index contributed by atoms with van der Waals surface area (Å²) in [6, 6.07) is 7.74. The summed E-state index contributed by atoms with van der Waals surface area (Å²) in [4.78, 5) is 20.9. The van der Waals surface area contributed by atoms with Crippen LogP contribution in [0.25, 0.3) is 0 Å². The normalized spacial score (nSPS) is 11.0. The maximum atomic E-state index is 11.8. The first-order chi connectivity index (χ1) is 15.0. The second-order valence-electron chi connectivity index (χ2n) is 6.86. The first-order valence-electron chi connectivity index (χ1n) is 10.2. The number of hydrogen-bond acceptors (Lipinski definition) is 9. The van der Waals surface area contributed by atoms with Gasteiger partial charge in [-0.25, -0.2) is 0 Å². The van der Waals surface area contributed by atoms with Gasteiger partial charge >= 0.3 is 0 Å². The molecule has 1 aromatic heterocycles. The van der Waals surface area contributed by atoms with Crippen molar-refractivity contribution in [2.24, 2.45) is 10.2 Å². The summed E-state index contributed by atoms with van der Waals surface area (Å²) in [7, 11) is 0. The van der Waals surface area contributed by atoms with Crippen LogP contribution in [0.15, 0.2) is 34.5 Å². The van der Waals surface area contributed by atoms with Crippen molar-refractivity contribution in [3.05, 3.63) is 29.8 Å². The van der Waals surface area contributed by atoms with Crippen molar-refractivity contribution < 1.29 is 4.79 Å². The van der Waals surface area contributed by atoms with Gasteiger partial charge in [0.15, 0.2) is 17.3 Å². The predicted molar refractivity (Wildman–Crippen MR) is 135 cm³/mol. The highest BCUT2D eigenvalue weighted by Gasteiger charge is 2.16. The molecule has 0 unspecified atom stereocenters. The van der Waals surface area contributed by atoms with Gasteiger partial charge in [0.2, 0.25) is 11.9 Å². The third kappa shape index (κ3) is 9.14. The molecule has 31 heavy (non-hydrogen) atoms. The Bertz CT molecular complexity index is 860. The number of rotatable bonds is 13. The number of benzene rings is 1. The molecule has 2 rings (SSSR count). The van der Waals surface area contributed by atoms with Crippen molar-refractivity contribution in [3.8, 4) is 0 Å². The fraction of sp³-hybridized carbons (Fsp3) is 0.476. The zero-order valence-electron chi connectivity index (χ0n) is 18.6. The minimum Gasteiger partial charge on any atom is -0.368 e. The molecule has 168 valence electrons. The summed E-state index contributed by atoms with van der Waals surface area (Å²) >= 11 is 3.59. The fourth-order valence-electron chi connectivity index (χ4n) is 2.56. The van der Waals surface area contributed by atoms with E-state index in [2.05, 4.69) is 48.7 Å². The smallest absolute Gasteiger partial charge is 0.226 e. The van der Waals surface area contributed by atoms with Crippen LogP contribution in [0.4, 0.5) is 29.0 Å². The lowest BCUT2D eigenvalue weighted by atomic mass is 10.2. The molecule has 0 aliphatic rings. The van der Waals surface area contributed by atoms with Gasteiger partial charge in [0.05, 0.1) is 5.69 Å². The SMILES string of the molecule is CSCCCNc1nc(NCCCSC)c(N=Nc2ccc(C)cc2)c(NC(C)=O)n1. The molecular formula is C21H31N7OS2. The van der Waals surface area contributed by atoms with Crippen molar-refractivity contribution >= 4 is 58.4 Å². The molecule has 10 heteroatoms. The van der Waals surface area contributed by atoms with Crippen molar-refractivity contribution in [2.45, 2.75) is 26.7 Å². The van der Waals surface area contributed by atoms with Crippen LogP contribution in [0, 0.1) is 6.92 Å². The highest BCUT2D eigenvalue weighted by Crippen LogP contribution is 2.33. The van der Waals surface area contributed by atoms with E-state index in [9.17, 15) is 4.79 Å². The van der Waals surface area contributed by atoms with Gasteiger partial charge in [0.1, 0.15) is 0 Å². The number of nitrogens with zero attached hydrogens (tertiary/aromatic N) is 4. The molecule has 2 aromatic rings. The van der Waals surface area contributed by atoms with Crippen LogP contribution in [0.2, 0.25) is 0 Å². The third-order valence-corrected chi connectivity index (χ3v) is 5.50. The number of thioether (sulfide) groups is 2. The Hall–Kier alpha value is -2.33. The van der Waals surface area contributed by atoms with Gasteiger partial charge < -0.3 is 16.0 Å². The van der Waals surface area contributed by atoms with E-state index >= 15 is 0 Å². The van der Waals surface area contributed by atoms with Gasteiger partial charge in [0, 0.05) is 20.0 Å². The summed E-state index contributed by atoms with van der Waals surface area (Å²) in [5.41, 5.74) is 2.27. The van der Waals surface area contributed by atoms with E-state index in [0.29, 0.717) is 29.0 Å². The molecule has 0 saturated carbocycles. The first-order valence-corrected chi connectivity index (χ1v) is 13.0. The second-order valence-corrected chi connectivity index (χ2v) is 8.83. The molecule has 0 fully saturated rings. The Morgan fingerprint density at radius 2 is 1.55 bits per heavy atom. The van der Waals surface area contributed by atoms with Gasteiger partial charge in [-0.2, -0.15) is 38.6 Å². The standard InChI is InChI=1S/C21H31N7OS2/c1-15-7-9-17(10-8-15)27-28-18-19(22-11-5-13-30-3)25-21(23-12-6-14-31-4)26-20(18)24-16(2)29/h7-10H,5-6,11-14H2,1-4H3,(H3,22,23,24,25,26,29). The topological polar surface area (TPSA) is 104 Å². The number of nitrogens with one attached hydrogen (secondary N) is 3. The molecule has 1 aromatic carbocycles. The highest BCUT2D eigenvalue weighted by atomic mass is 32.2. The fourth-order valence-corrected chi connectivity index (χ4v) is 3.43. The Balaban J connectivity index is 2.35. The molecule has 0 radical (unpaired) electrons. The number of carbonyl (C=O) groups excluding carboxylic acids is 1. The highest BCUT2D eigenvalue weighted by molar-refractivity contribution is 7.98. The lowest BCUT2D eigenvalue weighted by molar-refractivity contribution is -0.114. The molecule has 0 aliphatic carbocycles. The van der Waals surface area contributed by atoms with Gasteiger partial charge in [-0.15, -0.1) is 5.11 Å². The molecule has 0 aliphatic heterocycles. The number of amides is 1. The average Bonchev–Trinajstić information content (AvgIpc) is 2.74. The van der Waals surface area contributed by atoms with E-state index in [-0.39, 0.29) is 5.91 Å². The van der Waals surface area contributed by atoms with Crippen molar-refractivity contribution in [1.29, 1.82) is 0 Å². The molecule has 1 amide bonds. The zero-order valence-corrected chi connectivity index (χ0v) is 20.2. The lowest BCUT2D eigenvalue weighted by Crippen LogP contribution is -2.14. The van der Waals surface area contributed by atoms with Gasteiger partial charge in [0.25, 0.3) is 0 Å². The van der Waals surface area contributed by atoms with Crippen molar-refractivity contribution in [2.75, 3.05) is 53.1 Å². The van der Waals surface area contributed by atoms with Gasteiger partial charge in [-0.3, -0.25) is 4.79 Å². The van der Waals surface area contributed by atoms with Crippen LogP contribution >= 0.6 is 23.5 Å². The summed E-state index contributed by atoms with van der Waals surface area (Å²) < 4.78 is 0. The number of aryl methyl sites for hydroxylation is 1. The molecular weight excluding hydrogens is 430 g/mol. The van der Waals surface area contributed by atoms with Gasteiger partial charge in [-0.1, -0.05) is 17.7 Å². The number of anilines is 3. The second kappa shape index (κ2) is 13.9. The van der Waals surface area contributed by atoms with Crippen LogP contribution in [0.3, 0.4) is 0 Å². The van der Waals surface area contributed by atoms with E-state index in [1.807, 2.05) is 31.2 Å². The van der Waals surface area contributed by atoms with Crippen LogP contribution in [-0.2, 0) is 4.79 Å². The van der Waals surface area contributed by atoms with Crippen molar-refractivity contribution in [3.63, 3.8) is 0 Å².